The van der Waals surface area contributed by atoms with Gasteiger partial charge in [0, 0.05) is 18.8 Å². The summed E-state index contributed by atoms with van der Waals surface area (Å²) in [6.07, 6.45) is 5.25. The summed E-state index contributed by atoms with van der Waals surface area (Å²) >= 11 is 1.42. The van der Waals surface area contributed by atoms with Gasteiger partial charge in [0.15, 0.2) is 6.29 Å². The molecule has 0 atom stereocenters. The second-order valence-corrected chi connectivity index (χ2v) is 3.79. The van der Waals surface area contributed by atoms with Gasteiger partial charge in [-0.1, -0.05) is 6.08 Å². The van der Waals surface area contributed by atoms with Crippen LogP contribution in [0.15, 0.2) is 11.5 Å². The van der Waals surface area contributed by atoms with Crippen molar-refractivity contribution in [1.29, 1.82) is 0 Å². The Hall–Kier alpha value is -1.49. The van der Waals surface area contributed by atoms with E-state index in [-0.39, 0.29) is 5.91 Å². The maximum absolute atomic E-state index is 10.5. The lowest BCUT2D eigenvalue weighted by Gasteiger charge is -1.95. The molecule has 1 N–H and O–H groups in total. The van der Waals surface area contributed by atoms with E-state index in [0.29, 0.717) is 12.2 Å². The van der Waals surface area contributed by atoms with Crippen molar-refractivity contribution in [3.63, 3.8) is 0 Å². The molecule has 0 spiro atoms. The first-order valence-electron chi connectivity index (χ1n) is 4.54. The molecule has 0 aliphatic rings. The molecule has 0 radical (unpaired) electrons. The van der Waals surface area contributed by atoms with Crippen molar-refractivity contribution in [2.75, 3.05) is 6.54 Å². The van der Waals surface area contributed by atoms with E-state index >= 15 is 0 Å². The van der Waals surface area contributed by atoms with E-state index in [0.717, 1.165) is 17.7 Å². The Balaban J connectivity index is 2.31. The topological polar surface area (TPSA) is 59.1 Å². The van der Waals surface area contributed by atoms with Crippen molar-refractivity contribution in [1.82, 2.24) is 10.3 Å². The van der Waals surface area contributed by atoms with Crippen LogP contribution >= 0.6 is 11.3 Å². The van der Waals surface area contributed by atoms with Crippen molar-refractivity contribution in [2.45, 2.75) is 13.3 Å². The summed E-state index contributed by atoms with van der Waals surface area (Å²) in [5.74, 6) is -0.0270. The van der Waals surface area contributed by atoms with Gasteiger partial charge in [0.2, 0.25) is 5.91 Å². The molecule has 0 aromatic carbocycles. The Labute approximate surface area is 92.0 Å². The van der Waals surface area contributed by atoms with E-state index in [1.54, 1.807) is 5.38 Å². The Morgan fingerprint density at radius 1 is 1.67 bits per heavy atom. The summed E-state index contributed by atoms with van der Waals surface area (Å²) in [5, 5.41) is 5.20. The average molecular weight is 224 g/mol. The van der Waals surface area contributed by atoms with Crippen molar-refractivity contribution in [2.24, 2.45) is 0 Å². The minimum absolute atomic E-state index is 0.0270. The Morgan fingerprint density at radius 2 is 2.47 bits per heavy atom. The molecule has 5 heteroatoms. The van der Waals surface area contributed by atoms with Gasteiger partial charge in [-0.15, -0.1) is 11.3 Å². The largest absolute Gasteiger partial charge is 0.356 e. The molecule has 0 saturated heterocycles. The van der Waals surface area contributed by atoms with Crippen LogP contribution in [-0.4, -0.2) is 23.7 Å². The number of carbonyl (C=O) groups excluding carboxylic acids is 2. The molecule has 0 unspecified atom stereocenters. The molecule has 80 valence electrons. The Morgan fingerprint density at radius 3 is 3.07 bits per heavy atom. The number of hydrogen-bond donors (Lipinski definition) is 1. The van der Waals surface area contributed by atoms with Crippen LogP contribution in [0.5, 0.6) is 0 Å². The van der Waals surface area contributed by atoms with Gasteiger partial charge >= 0.3 is 0 Å². The van der Waals surface area contributed by atoms with Crippen LogP contribution in [-0.2, 0) is 4.79 Å². The fourth-order valence-corrected chi connectivity index (χ4v) is 1.63. The maximum Gasteiger partial charge on any atom is 0.216 e. The molecule has 1 rings (SSSR count). The van der Waals surface area contributed by atoms with E-state index in [1.165, 1.54) is 18.3 Å². The monoisotopic (exact) mass is 224 g/mol. The van der Waals surface area contributed by atoms with Crippen LogP contribution in [0.3, 0.4) is 0 Å². The first kappa shape index (κ1) is 11.6. The normalized spacial score (nSPS) is 10.5. The standard InChI is InChI=1S/C10H12N2O2S/c1-8(14)11-5-3-2-4-10-12-9(6-13)7-15-10/h2,4,6-7H,3,5H2,1H3,(H,11,14). The number of amides is 1. The number of nitrogens with zero attached hydrogens (tertiary/aromatic N) is 1. The van der Waals surface area contributed by atoms with Crippen molar-refractivity contribution < 1.29 is 9.59 Å². The molecule has 15 heavy (non-hydrogen) atoms. The molecular formula is C10H12N2O2S. The SMILES string of the molecule is CC(=O)NCCC=Cc1nc(C=O)cs1. The van der Waals surface area contributed by atoms with Crippen LogP contribution < -0.4 is 5.32 Å². The summed E-state index contributed by atoms with van der Waals surface area (Å²) in [5.41, 5.74) is 0.460. The van der Waals surface area contributed by atoms with Crippen molar-refractivity contribution in [3.8, 4) is 0 Å². The minimum Gasteiger partial charge on any atom is -0.356 e. The number of aldehydes is 1. The van der Waals surface area contributed by atoms with Gasteiger partial charge in [-0.05, 0) is 12.5 Å². The first-order chi connectivity index (χ1) is 7.22. The molecule has 1 amide bonds. The van der Waals surface area contributed by atoms with Gasteiger partial charge in [-0.25, -0.2) is 4.98 Å². The molecular weight excluding hydrogens is 212 g/mol. The van der Waals surface area contributed by atoms with Crippen LogP contribution in [0.2, 0.25) is 0 Å². The third-order valence-electron chi connectivity index (χ3n) is 1.61. The van der Waals surface area contributed by atoms with E-state index < -0.39 is 0 Å². The number of nitrogens with one attached hydrogen (secondary N) is 1. The molecule has 0 bridgehead atoms. The predicted octanol–water partition coefficient (Wildman–Crippen LogP) is 1.50. The Kier molecular flexibility index (Phi) is 4.70. The number of hydrogen-bond acceptors (Lipinski definition) is 4. The van der Waals surface area contributed by atoms with E-state index in [2.05, 4.69) is 10.3 Å². The summed E-state index contributed by atoms with van der Waals surface area (Å²) in [4.78, 5) is 24.9. The third kappa shape index (κ3) is 4.51. The zero-order valence-electron chi connectivity index (χ0n) is 8.40. The van der Waals surface area contributed by atoms with Crippen LogP contribution in [0.4, 0.5) is 0 Å². The van der Waals surface area contributed by atoms with Gasteiger partial charge in [-0.3, -0.25) is 9.59 Å². The first-order valence-corrected chi connectivity index (χ1v) is 5.42. The smallest absolute Gasteiger partial charge is 0.216 e. The summed E-state index contributed by atoms with van der Waals surface area (Å²) in [6, 6.07) is 0. The molecule has 0 fully saturated rings. The second kappa shape index (κ2) is 6.08. The maximum atomic E-state index is 10.5. The average Bonchev–Trinajstić information content (AvgIpc) is 2.65. The lowest BCUT2D eigenvalue weighted by molar-refractivity contribution is -0.118. The molecule has 0 aliphatic carbocycles. The highest BCUT2D eigenvalue weighted by atomic mass is 32.1. The molecule has 1 aromatic heterocycles. The number of aromatic nitrogens is 1. The fourth-order valence-electron chi connectivity index (χ4n) is 0.947. The number of rotatable bonds is 5. The van der Waals surface area contributed by atoms with E-state index in [1.807, 2.05) is 12.2 Å². The number of carbonyl (C=O) groups is 2. The zero-order valence-corrected chi connectivity index (χ0v) is 9.21. The van der Waals surface area contributed by atoms with Gasteiger partial charge in [0.25, 0.3) is 0 Å². The lowest BCUT2D eigenvalue weighted by Crippen LogP contribution is -2.20. The van der Waals surface area contributed by atoms with Gasteiger partial charge < -0.3 is 5.32 Å². The van der Waals surface area contributed by atoms with Gasteiger partial charge in [0.1, 0.15) is 10.7 Å². The molecule has 1 aromatic rings. The molecule has 1 heterocycles. The highest BCUT2D eigenvalue weighted by molar-refractivity contribution is 7.10. The van der Waals surface area contributed by atoms with Crippen LogP contribution in [0.25, 0.3) is 6.08 Å². The Bertz CT molecular complexity index is 371. The van der Waals surface area contributed by atoms with Gasteiger partial charge in [0.05, 0.1) is 0 Å². The summed E-state index contributed by atoms with van der Waals surface area (Å²) in [6.45, 7) is 2.11. The highest BCUT2D eigenvalue weighted by Crippen LogP contribution is 2.09. The fraction of sp³-hybridized carbons (Fsp3) is 0.300. The zero-order chi connectivity index (χ0) is 11.1. The predicted molar refractivity (Wildman–Crippen MR) is 59.8 cm³/mol. The minimum atomic E-state index is -0.0270. The quantitative estimate of drug-likeness (QED) is 0.609. The van der Waals surface area contributed by atoms with E-state index in [4.69, 9.17) is 0 Å². The molecule has 0 saturated carbocycles. The molecule has 0 aliphatic heterocycles. The summed E-state index contributed by atoms with van der Waals surface area (Å²) < 4.78 is 0. The second-order valence-electron chi connectivity index (χ2n) is 2.90. The lowest BCUT2D eigenvalue weighted by atomic mass is 10.3. The van der Waals surface area contributed by atoms with Crippen molar-refractivity contribution in [3.05, 3.63) is 22.2 Å². The number of thiazole rings is 1. The highest BCUT2D eigenvalue weighted by Gasteiger charge is 1.95. The van der Waals surface area contributed by atoms with Crippen LogP contribution in [0, 0.1) is 0 Å². The van der Waals surface area contributed by atoms with Crippen LogP contribution in [0.1, 0.15) is 28.8 Å². The summed E-state index contributed by atoms with van der Waals surface area (Å²) in [7, 11) is 0. The van der Waals surface area contributed by atoms with E-state index in [9.17, 15) is 9.59 Å². The van der Waals surface area contributed by atoms with Crippen molar-refractivity contribution >= 4 is 29.6 Å². The molecule has 4 nitrogen and oxygen atoms in total. The third-order valence-corrected chi connectivity index (χ3v) is 2.43. The van der Waals surface area contributed by atoms with Gasteiger partial charge in [-0.2, -0.15) is 0 Å².